The van der Waals surface area contributed by atoms with E-state index in [0.717, 1.165) is 0 Å². The van der Waals surface area contributed by atoms with Crippen LogP contribution < -0.4 is 0 Å². The first-order valence-electron chi connectivity index (χ1n) is 1.61. The molecule has 0 radical (unpaired) electrons. The third-order valence-corrected chi connectivity index (χ3v) is 0. The SMILES string of the molecule is C[PH+](C)C.[Cl][Ag]. The van der Waals surface area contributed by atoms with Crippen molar-refractivity contribution in [2.75, 3.05) is 20.0 Å². The molecule has 44 valence electrons. The van der Waals surface area contributed by atoms with Crippen LogP contribution in [0.5, 0.6) is 0 Å². The molecule has 3 heteroatoms. The fourth-order valence-corrected chi connectivity index (χ4v) is 0. The summed E-state index contributed by atoms with van der Waals surface area (Å²) in [6.07, 6.45) is 0. The van der Waals surface area contributed by atoms with Gasteiger partial charge in [0.2, 0.25) is 0 Å². The van der Waals surface area contributed by atoms with Crippen LogP contribution in [-0.2, 0) is 20.0 Å². The van der Waals surface area contributed by atoms with Crippen molar-refractivity contribution in [1.29, 1.82) is 0 Å². The van der Waals surface area contributed by atoms with Crippen LogP contribution in [0.1, 0.15) is 0 Å². The fourth-order valence-electron chi connectivity index (χ4n) is 0. The molecular formula is C3H10AgClP+. The van der Waals surface area contributed by atoms with E-state index in [-0.39, 0.29) is 7.92 Å². The van der Waals surface area contributed by atoms with Crippen molar-refractivity contribution in [3.8, 4) is 0 Å². The monoisotopic (exact) mass is 219 g/mol. The molecule has 0 unspecified atom stereocenters. The molecule has 0 fully saturated rings. The van der Waals surface area contributed by atoms with Gasteiger partial charge in [0.25, 0.3) is 0 Å². The van der Waals surface area contributed by atoms with Crippen molar-refractivity contribution in [2.24, 2.45) is 0 Å². The van der Waals surface area contributed by atoms with Gasteiger partial charge in [0, 0.05) is 20.0 Å². The predicted molar refractivity (Wildman–Crippen MR) is 31.9 cm³/mol. The summed E-state index contributed by atoms with van der Waals surface area (Å²) in [5.74, 6) is 0. The first-order valence-corrected chi connectivity index (χ1v) is 6.52. The third kappa shape index (κ3) is 50.9. The van der Waals surface area contributed by atoms with Gasteiger partial charge in [0.1, 0.15) is 0 Å². The second kappa shape index (κ2) is 9.68. The molecule has 0 amide bonds. The van der Waals surface area contributed by atoms with Crippen molar-refractivity contribution in [3.05, 3.63) is 0 Å². The molecule has 0 nitrogen and oxygen atoms in total. The van der Waals surface area contributed by atoms with Gasteiger partial charge >= 0.3 is 29.2 Å². The molecule has 0 aromatic rings. The molecule has 0 heterocycles. The van der Waals surface area contributed by atoms with Gasteiger partial charge in [-0.3, -0.25) is 0 Å². The summed E-state index contributed by atoms with van der Waals surface area (Å²) < 4.78 is 0. The zero-order valence-electron chi connectivity index (χ0n) is 4.18. The summed E-state index contributed by atoms with van der Waals surface area (Å²) >= 11 is 2.42. The van der Waals surface area contributed by atoms with E-state index in [9.17, 15) is 0 Å². The van der Waals surface area contributed by atoms with Crippen molar-refractivity contribution < 1.29 is 20.0 Å². The Morgan fingerprint density at radius 1 is 1.17 bits per heavy atom. The molecule has 0 aromatic carbocycles. The Labute approximate surface area is 57.1 Å². The summed E-state index contributed by atoms with van der Waals surface area (Å²) in [7, 11) is 4.57. The van der Waals surface area contributed by atoms with E-state index < -0.39 is 0 Å². The van der Waals surface area contributed by atoms with Gasteiger partial charge in [0.15, 0.2) is 0 Å². The normalized spacial score (nSPS) is 7.17. The van der Waals surface area contributed by atoms with Crippen LogP contribution in [0.25, 0.3) is 0 Å². The molecule has 0 aliphatic rings. The average Bonchev–Trinajstić information content (AvgIpc) is 1.41. The quantitative estimate of drug-likeness (QED) is 0.431. The zero-order valence-corrected chi connectivity index (χ0v) is 7.42. The molecule has 0 rings (SSSR count). The Bertz CT molecular complexity index is 15.5. The van der Waals surface area contributed by atoms with Crippen LogP contribution in [-0.4, -0.2) is 20.0 Å². The predicted octanol–water partition coefficient (Wildman–Crippen LogP) is 1.78. The molecule has 0 saturated heterocycles. The Hall–Kier alpha value is 1.46. The Kier molecular flexibility index (Phi) is 16.9. The van der Waals surface area contributed by atoms with Crippen molar-refractivity contribution >= 4 is 17.1 Å². The summed E-state index contributed by atoms with van der Waals surface area (Å²) in [6.45, 7) is 6.81. The first kappa shape index (κ1) is 10.4. The molecule has 0 N–H and O–H groups in total. The van der Waals surface area contributed by atoms with E-state index in [1.54, 1.807) is 0 Å². The number of hydrogen-bond acceptors (Lipinski definition) is 0. The van der Waals surface area contributed by atoms with Crippen molar-refractivity contribution in [1.82, 2.24) is 0 Å². The van der Waals surface area contributed by atoms with Crippen LogP contribution in [0.15, 0.2) is 0 Å². The van der Waals surface area contributed by atoms with Crippen LogP contribution in [0, 0.1) is 0 Å². The first-order chi connectivity index (χ1) is 2.73. The third-order valence-electron chi connectivity index (χ3n) is 0. The van der Waals surface area contributed by atoms with Gasteiger partial charge < -0.3 is 0 Å². The van der Waals surface area contributed by atoms with Gasteiger partial charge in [-0.1, -0.05) is 0 Å². The van der Waals surface area contributed by atoms with E-state index in [0.29, 0.717) is 0 Å². The molecule has 0 spiro atoms. The van der Waals surface area contributed by atoms with Gasteiger partial charge in [-0.15, -0.1) is 0 Å². The number of halogens is 1. The van der Waals surface area contributed by atoms with Crippen LogP contribution in [0.4, 0.5) is 0 Å². The average molecular weight is 220 g/mol. The van der Waals surface area contributed by atoms with Crippen molar-refractivity contribution in [2.45, 2.75) is 0 Å². The van der Waals surface area contributed by atoms with E-state index in [1.165, 1.54) is 0 Å². The second-order valence-electron chi connectivity index (χ2n) is 1.50. The van der Waals surface area contributed by atoms with Gasteiger partial charge in [-0.05, 0) is 7.92 Å². The molecule has 0 aliphatic heterocycles. The molecule has 0 saturated carbocycles. The minimum atomic E-state index is 0.120. The van der Waals surface area contributed by atoms with Gasteiger partial charge in [0.05, 0.1) is 0 Å². The molecule has 0 atom stereocenters. The van der Waals surface area contributed by atoms with Crippen LogP contribution in [0.2, 0.25) is 0 Å². The van der Waals surface area contributed by atoms with E-state index in [4.69, 9.17) is 0 Å². The minimum absolute atomic E-state index is 0.120. The second-order valence-corrected chi connectivity index (χ2v) is 4.50. The van der Waals surface area contributed by atoms with Crippen molar-refractivity contribution in [3.63, 3.8) is 0 Å². The van der Waals surface area contributed by atoms with Crippen LogP contribution in [0.3, 0.4) is 0 Å². The maximum atomic E-state index is 4.45. The molecule has 6 heavy (non-hydrogen) atoms. The standard InChI is InChI=1S/C3H9P.Ag.ClH/c1-4(2)3;;/h1-3H3;;1H/q;+1;. The molecule has 0 aliphatic carbocycles. The number of hydrogen-bond donors (Lipinski definition) is 0. The summed E-state index contributed by atoms with van der Waals surface area (Å²) in [5, 5.41) is 0. The Morgan fingerprint density at radius 2 is 1.17 bits per heavy atom. The maximum absolute atomic E-state index is 4.45. The summed E-state index contributed by atoms with van der Waals surface area (Å²) in [5.41, 5.74) is 0. The van der Waals surface area contributed by atoms with Crippen LogP contribution >= 0.6 is 17.1 Å². The zero-order chi connectivity index (χ0) is 5.58. The Balaban J connectivity index is 0. The molecular weight excluding hydrogens is 210 g/mol. The summed E-state index contributed by atoms with van der Waals surface area (Å²) in [4.78, 5) is 0. The van der Waals surface area contributed by atoms with Gasteiger partial charge in [-0.25, -0.2) is 0 Å². The van der Waals surface area contributed by atoms with Gasteiger partial charge in [-0.2, -0.15) is 0 Å². The Morgan fingerprint density at radius 3 is 1.17 bits per heavy atom. The molecule has 0 aromatic heterocycles. The molecule has 0 bridgehead atoms. The van der Waals surface area contributed by atoms with E-state index >= 15 is 0 Å². The number of rotatable bonds is 0. The topological polar surface area (TPSA) is 0 Å². The fraction of sp³-hybridized carbons (Fsp3) is 1.00. The van der Waals surface area contributed by atoms with E-state index in [1.807, 2.05) is 0 Å². The summed E-state index contributed by atoms with van der Waals surface area (Å²) in [6, 6.07) is 0. The van der Waals surface area contributed by atoms with E-state index in [2.05, 4.69) is 49.2 Å².